The third-order valence-corrected chi connectivity index (χ3v) is 3.57. The molecule has 0 spiro atoms. The van der Waals surface area contributed by atoms with Gasteiger partial charge in [0, 0.05) is 12.6 Å². The summed E-state index contributed by atoms with van der Waals surface area (Å²) < 4.78 is 0. The van der Waals surface area contributed by atoms with Crippen molar-refractivity contribution in [2.75, 3.05) is 19.6 Å². The third-order valence-electron chi connectivity index (χ3n) is 3.57. The number of rotatable bonds is 5. The minimum Gasteiger partial charge on any atom is -0.329 e. The van der Waals surface area contributed by atoms with Crippen molar-refractivity contribution in [1.29, 1.82) is 0 Å². The maximum Gasteiger partial charge on any atom is 0.0218 e. The molecule has 1 unspecified atom stereocenters. The maximum atomic E-state index is 5.89. The molecule has 0 saturated carbocycles. The zero-order valence-electron chi connectivity index (χ0n) is 10.4. The van der Waals surface area contributed by atoms with Crippen LogP contribution in [0.25, 0.3) is 0 Å². The molecule has 2 heteroatoms. The van der Waals surface area contributed by atoms with Crippen molar-refractivity contribution < 1.29 is 0 Å². The lowest BCUT2D eigenvalue weighted by Crippen LogP contribution is -2.42. The van der Waals surface area contributed by atoms with Gasteiger partial charge in [-0.2, -0.15) is 0 Å². The highest BCUT2D eigenvalue weighted by Crippen LogP contribution is 2.15. The van der Waals surface area contributed by atoms with Crippen LogP contribution in [0.4, 0.5) is 0 Å². The molecule has 1 saturated heterocycles. The number of hydrogen-bond donors (Lipinski definition) is 1. The SMILES string of the molecule is CCCCC(CN)N1CCCCCCC1. The molecule has 1 aliphatic heterocycles. The average molecular weight is 212 g/mol. The quantitative estimate of drug-likeness (QED) is 0.759. The fourth-order valence-corrected chi connectivity index (χ4v) is 2.53. The lowest BCUT2D eigenvalue weighted by molar-refractivity contribution is 0.172. The standard InChI is InChI=1S/C13H28N2/c1-2-3-9-13(12-14)15-10-7-5-4-6-8-11-15/h13H,2-12,14H2,1H3. The summed E-state index contributed by atoms with van der Waals surface area (Å²) >= 11 is 0. The molecule has 1 atom stereocenters. The van der Waals surface area contributed by atoms with E-state index in [1.165, 1.54) is 64.5 Å². The first-order valence-corrected chi connectivity index (χ1v) is 6.82. The van der Waals surface area contributed by atoms with Gasteiger partial charge in [-0.25, -0.2) is 0 Å². The predicted octanol–water partition coefficient (Wildman–Crippen LogP) is 2.77. The molecular formula is C13H28N2. The highest BCUT2D eigenvalue weighted by Gasteiger charge is 2.16. The summed E-state index contributed by atoms with van der Waals surface area (Å²) in [5, 5.41) is 0. The van der Waals surface area contributed by atoms with Crippen LogP contribution < -0.4 is 5.73 Å². The van der Waals surface area contributed by atoms with Crippen molar-refractivity contribution in [3.8, 4) is 0 Å². The highest BCUT2D eigenvalue weighted by molar-refractivity contribution is 4.74. The molecule has 1 rings (SSSR count). The summed E-state index contributed by atoms with van der Waals surface area (Å²) in [4.78, 5) is 2.65. The minimum atomic E-state index is 0.656. The topological polar surface area (TPSA) is 29.3 Å². The molecule has 0 aromatic carbocycles. The fraction of sp³-hybridized carbons (Fsp3) is 1.00. The van der Waals surface area contributed by atoms with Crippen LogP contribution >= 0.6 is 0 Å². The molecule has 1 aliphatic rings. The Labute approximate surface area is 95.2 Å². The lowest BCUT2D eigenvalue weighted by Gasteiger charge is -2.32. The largest absolute Gasteiger partial charge is 0.329 e. The second kappa shape index (κ2) is 8.12. The molecular weight excluding hydrogens is 184 g/mol. The smallest absolute Gasteiger partial charge is 0.0218 e. The van der Waals surface area contributed by atoms with Gasteiger partial charge in [-0.3, -0.25) is 4.90 Å². The zero-order chi connectivity index (χ0) is 10.9. The molecule has 0 aromatic rings. The third kappa shape index (κ3) is 4.98. The molecule has 0 aromatic heterocycles. The van der Waals surface area contributed by atoms with Crippen molar-refractivity contribution in [2.24, 2.45) is 5.73 Å². The minimum absolute atomic E-state index is 0.656. The second-order valence-electron chi connectivity index (χ2n) is 4.84. The fourth-order valence-electron chi connectivity index (χ4n) is 2.53. The van der Waals surface area contributed by atoms with Gasteiger partial charge in [0.1, 0.15) is 0 Å². The number of likely N-dealkylation sites (tertiary alicyclic amines) is 1. The molecule has 0 amide bonds. The van der Waals surface area contributed by atoms with Crippen molar-refractivity contribution in [3.63, 3.8) is 0 Å². The second-order valence-corrected chi connectivity index (χ2v) is 4.84. The molecule has 0 bridgehead atoms. The van der Waals surface area contributed by atoms with E-state index >= 15 is 0 Å². The first-order valence-electron chi connectivity index (χ1n) is 6.82. The summed E-state index contributed by atoms with van der Waals surface area (Å²) in [6.45, 7) is 5.68. The summed E-state index contributed by atoms with van der Waals surface area (Å²) in [7, 11) is 0. The first-order chi connectivity index (χ1) is 7.38. The summed E-state index contributed by atoms with van der Waals surface area (Å²) in [6, 6.07) is 0.656. The molecule has 0 radical (unpaired) electrons. The van der Waals surface area contributed by atoms with E-state index in [-0.39, 0.29) is 0 Å². The Morgan fingerprint density at radius 1 is 1.07 bits per heavy atom. The first kappa shape index (κ1) is 13.0. The van der Waals surface area contributed by atoms with Crippen molar-refractivity contribution in [3.05, 3.63) is 0 Å². The highest BCUT2D eigenvalue weighted by atomic mass is 15.2. The van der Waals surface area contributed by atoms with Gasteiger partial charge < -0.3 is 5.73 Å². The van der Waals surface area contributed by atoms with Crippen molar-refractivity contribution >= 4 is 0 Å². The van der Waals surface area contributed by atoms with Gasteiger partial charge in [-0.1, -0.05) is 39.0 Å². The molecule has 0 aliphatic carbocycles. The van der Waals surface area contributed by atoms with Crippen molar-refractivity contribution in [1.82, 2.24) is 4.90 Å². The normalized spacial score (nSPS) is 22.0. The van der Waals surface area contributed by atoms with E-state index in [1.54, 1.807) is 0 Å². The summed E-state index contributed by atoms with van der Waals surface area (Å²) in [5.74, 6) is 0. The summed E-state index contributed by atoms with van der Waals surface area (Å²) in [5.41, 5.74) is 5.89. The Balaban J connectivity index is 2.33. The van der Waals surface area contributed by atoms with Gasteiger partial charge in [-0.15, -0.1) is 0 Å². The van der Waals surface area contributed by atoms with E-state index in [9.17, 15) is 0 Å². The maximum absolute atomic E-state index is 5.89. The Morgan fingerprint density at radius 2 is 1.67 bits per heavy atom. The van der Waals surface area contributed by atoms with Gasteiger partial charge in [0.25, 0.3) is 0 Å². The molecule has 2 N–H and O–H groups in total. The van der Waals surface area contributed by atoms with E-state index < -0.39 is 0 Å². The number of nitrogens with zero attached hydrogens (tertiary/aromatic N) is 1. The average Bonchev–Trinajstić information content (AvgIpc) is 2.21. The number of nitrogens with two attached hydrogens (primary N) is 1. The van der Waals surface area contributed by atoms with Crippen LogP contribution in [0.1, 0.15) is 58.3 Å². The Bertz CT molecular complexity index is 139. The Hall–Kier alpha value is -0.0800. The number of hydrogen-bond acceptors (Lipinski definition) is 2. The van der Waals surface area contributed by atoms with Crippen LogP contribution in [0.2, 0.25) is 0 Å². The van der Waals surface area contributed by atoms with Crippen LogP contribution in [-0.2, 0) is 0 Å². The molecule has 1 heterocycles. The molecule has 1 fully saturated rings. The van der Waals surface area contributed by atoms with Gasteiger partial charge in [0.05, 0.1) is 0 Å². The van der Waals surface area contributed by atoms with Crippen LogP contribution in [-0.4, -0.2) is 30.6 Å². The molecule has 15 heavy (non-hydrogen) atoms. The van der Waals surface area contributed by atoms with Crippen LogP contribution in [0.5, 0.6) is 0 Å². The Kier molecular flexibility index (Phi) is 7.03. The predicted molar refractivity (Wildman–Crippen MR) is 67.0 cm³/mol. The van der Waals surface area contributed by atoms with Gasteiger partial charge in [0.2, 0.25) is 0 Å². The van der Waals surface area contributed by atoms with Gasteiger partial charge in [-0.05, 0) is 32.4 Å². The van der Waals surface area contributed by atoms with Gasteiger partial charge >= 0.3 is 0 Å². The van der Waals surface area contributed by atoms with Crippen molar-refractivity contribution in [2.45, 2.75) is 64.3 Å². The monoisotopic (exact) mass is 212 g/mol. The van der Waals surface area contributed by atoms with E-state index in [0.29, 0.717) is 6.04 Å². The van der Waals surface area contributed by atoms with E-state index in [2.05, 4.69) is 11.8 Å². The van der Waals surface area contributed by atoms with E-state index in [1.807, 2.05) is 0 Å². The van der Waals surface area contributed by atoms with Gasteiger partial charge in [0.15, 0.2) is 0 Å². The molecule has 2 nitrogen and oxygen atoms in total. The van der Waals surface area contributed by atoms with E-state index in [0.717, 1.165) is 6.54 Å². The Morgan fingerprint density at radius 3 is 2.20 bits per heavy atom. The lowest BCUT2D eigenvalue weighted by atomic mass is 10.0. The van der Waals surface area contributed by atoms with Crippen LogP contribution in [0, 0.1) is 0 Å². The van der Waals surface area contributed by atoms with Crippen LogP contribution in [0.3, 0.4) is 0 Å². The van der Waals surface area contributed by atoms with E-state index in [4.69, 9.17) is 5.73 Å². The summed E-state index contributed by atoms with van der Waals surface area (Å²) in [6.07, 6.45) is 11.0. The number of unbranched alkanes of at least 4 members (excludes halogenated alkanes) is 1. The zero-order valence-corrected chi connectivity index (χ0v) is 10.4. The molecule has 90 valence electrons. The van der Waals surface area contributed by atoms with Crippen LogP contribution in [0.15, 0.2) is 0 Å².